The topological polar surface area (TPSA) is 42.2 Å². The maximum Gasteiger partial charge on any atom is 0.205 e. The first kappa shape index (κ1) is 13.4. The first-order valence-electron chi connectivity index (χ1n) is 7.40. The Morgan fingerprint density at radius 2 is 2.25 bits per heavy atom. The summed E-state index contributed by atoms with van der Waals surface area (Å²) in [6, 6.07) is 7.92. The zero-order valence-corrected chi connectivity index (χ0v) is 12.2. The van der Waals surface area contributed by atoms with Gasteiger partial charge in [-0.1, -0.05) is 18.6 Å². The van der Waals surface area contributed by atoms with Crippen LogP contribution in [0.1, 0.15) is 42.3 Å². The van der Waals surface area contributed by atoms with E-state index in [2.05, 4.69) is 18.3 Å². The van der Waals surface area contributed by atoms with Gasteiger partial charge in [0.2, 0.25) is 5.78 Å². The normalized spacial score (nSPS) is 23.1. The molecule has 1 atom stereocenters. The van der Waals surface area contributed by atoms with Gasteiger partial charge in [-0.2, -0.15) is 0 Å². The number of benzene rings is 1. The van der Waals surface area contributed by atoms with Crippen molar-refractivity contribution in [1.29, 1.82) is 0 Å². The molecule has 1 aromatic carbocycles. The number of nitrogens with one attached hydrogen (secondary N) is 1. The smallest absolute Gasteiger partial charge is 0.205 e. The Kier molecular flexibility index (Phi) is 3.38. The number of aryl methyl sites for hydroxylation is 1. The number of hydrogen-bond acceptors (Lipinski definition) is 3. The highest BCUT2D eigenvalue weighted by Crippen LogP contribution is 2.35. The summed E-state index contributed by atoms with van der Waals surface area (Å²) in [7, 11) is 0. The highest BCUT2D eigenvalue weighted by Gasteiger charge is 2.39. The summed E-state index contributed by atoms with van der Waals surface area (Å²) in [4.78, 5) is 12.9. The van der Waals surface area contributed by atoms with Crippen molar-refractivity contribution in [2.45, 2.75) is 33.1 Å². The predicted molar refractivity (Wildman–Crippen MR) is 80.1 cm³/mol. The highest BCUT2D eigenvalue weighted by atomic mass is 16.3. The van der Waals surface area contributed by atoms with Gasteiger partial charge in [0, 0.05) is 17.3 Å². The minimum absolute atomic E-state index is 0.154. The summed E-state index contributed by atoms with van der Waals surface area (Å²) >= 11 is 0. The number of Topliss-reactive ketones (excluding diaryl/α,β-unsaturated/α-hetero) is 1. The molecule has 0 radical (unpaired) electrons. The lowest BCUT2D eigenvalue weighted by atomic mass is 9.74. The maximum absolute atomic E-state index is 12.9. The number of carbonyl (C=O) groups excluding carboxylic acids is 1. The molecule has 0 amide bonds. The van der Waals surface area contributed by atoms with Gasteiger partial charge in [-0.15, -0.1) is 0 Å². The van der Waals surface area contributed by atoms with Crippen LogP contribution in [-0.2, 0) is 0 Å². The summed E-state index contributed by atoms with van der Waals surface area (Å²) in [6.07, 6.45) is 2.86. The van der Waals surface area contributed by atoms with Crippen LogP contribution in [0.5, 0.6) is 0 Å². The second-order valence-corrected chi connectivity index (χ2v) is 5.90. The van der Waals surface area contributed by atoms with E-state index in [1.165, 1.54) is 5.56 Å². The Balaban J connectivity index is 1.98. The van der Waals surface area contributed by atoms with Crippen LogP contribution in [-0.4, -0.2) is 18.9 Å². The summed E-state index contributed by atoms with van der Waals surface area (Å²) in [6.45, 7) is 5.91. The molecule has 2 heterocycles. The number of ketones is 1. The lowest BCUT2D eigenvalue weighted by Gasteiger charge is -2.34. The molecule has 3 heteroatoms. The van der Waals surface area contributed by atoms with Crippen LogP contribution in [0.3, 0.4) is 0 Å². The van der Waals surface area contributed by atoms with E-state index in [-0.39, 0.29) is 11.2 Å². The molecule has 1 saturated heterocycles. The van der Waals surface area contributed by atoms with Crippen molar-refractivity contribution < 1.29 is 9.21 Å². The van der Waals surface area contributed by atoms with E-state index in [1.807, 2.05) is 25.1 Å². The van der Waals surface area contributed by atoms with Gasteiger partial charge >= 0.3 is 0 Å². The van der Waals surface area contributed by atoms with E-state index < -0.39 is 0 Å². The molecule has 3 nitrogen and oxygen atoms in total. The van der Waals surface area contributed by atoms with Crippen LogP contribution >= 0.6 is 0 Å². The first-order chi connectivity index (χ1) is 9.64. The van der Waals surface area contributed by atoms with E-state index in [1.54, 1.807) is 0 Å². The van der Waals surface area contributed by atoms with E-state index in [0.29, 0.717) is 5.76 Å². The largest absolute Gasteiger partial charge is 0.453 e. The molecule has 3 rings (SSSR count). The number of furan rings is 1. The number of fused-ring (bicyclic) bond motifs is 1. The SMILES string of the molecule is CCC1(C(=O)c2cc3cc(C)ccc3o2)CCCNC1. The van der Waals surface area contributed by atoms with Gasteiger partial charge in [0.15, 0.2) is 5.76 Å². The summed E-state index contributed by atoms with van der Waals surface area (Å²) in [5.74, 6) is 0.664. The molecule has 1 N–H and O–H groups in total. The van der Waals surface area contributed by atoms with Crippen molar-refractivity contribution in [3.8, 4) is 0 Å². The summed E-state index contributed by atoms with van der Waals surface area (Å²) in [5, 5.41) is 4.37. The second kappa shape index (κ2) is 5.06. The van der Waals surface area contributed by atoms with Gasteiger partial charge in [0.05, 0.1) is 0 Å². The maximum atomic E-state index is 12.9. The molecule has 0 bridgehead atoms. The molecular formula is C17H21NO2. The second-order valence-electron chi connectivity index (χ2n) is 5.90. The fourth-order valence-electron chi connectivity index (χ4n) is 3.16. The number of piperidine rings is 1. The third-order valence-corrected chi connectivity index (χ3v) is 4.53. The van der Waals surface area contributed by atoms with Crippen molar-refractivity contribution in [2.75, 3.05) is 13.1 Å². The molecular weight excluding hydrogens is 250 g/mol. The number of carbonyl (C=O) groups is 1. The average Bonchev–Trinajstić information content (AvgIpc) is 2.90. The first-order valence-corrected chi connectivity index (χ1v) is 7.40. The standard InChI is InChI=1S/C17H21NO2/c1-3-17(7-4-8-18-11-17)16(19)15-10-13-9-12(2)5-6-14(13)20-15/h5-6,9-10,18H,3-4,7-8,11H2,1-2H3. The van der Waals surface area contributed by atoms with Gasteiger partial charge in [0.1, 0.15) is 5.58 Å². The van der Waals surface area contributed by atoms with E-state index in [4.69, 9.17) is 4.42 Å². The molecule has 0 aliphatic carbocycles. The van der Waals surface area contributed by atoms with Gasteiger partial charge in [-0.3, -0.25) is 4.79 Å². The third-order valence-electron chi connectivity index (χ3n) is 4.53. The lowest BCUT2D eigenvalue weighted by molar-refractivity contribution is 0.0701. The van der Waals surface area contributed by atoms with Crippen molar-refractivity contribution in [2.24, 2.45) is 5.41 Å². The Morgan fingerprint density at radius 3 is 2.95 bits per heavy atom. The fourth-order valence-corrected chi connectivity index (χ4v) is 3.16. The zero-order valence-electron chi connectivity index (χ0n) is 12.2. The molecule has 1 unspecified atom stereocenters. The fraction of sp³-hybridized carbons (Fsp3) is 0.471. The zero-order chi connectivity index (χ0) is 14.2. The van der Waals surface area contributed by atoms with Gasteiger partial charge < -0.3 is 9.73 Å². The molecule has 1 aliphatic heterocycles. The summed E-state index contributed by atoms with van der Waals surface area (Å²) < 4.78 is 5.79. The van der Waals surface area contributed by atoms with Crippen LogP contribution in [0.4, 0.5) is 0 Å². The molecule has 106 valence electrons. The predicted octanol–water partition coefficient (Wildman–Crippen LogP) is 3.70. The van der Waals surface area contributed by atoms with Crippen LogP contribution < -0.4 is 5.32 Å². The number of hydrogen-bond donors (Lipinski definition) is 1. The third kappa shape index (κ3) is 2.16. The number of rotatable bonds is 3. The molecule has 20 heavy (non-hydrogen) atoms. The van der Waals surface area contributed by atoms with E-state index in [9.17, 15) is 4.79 Å². The van der Waals surface area contributed by atoms with Crippen LogP contribution in [0.15, 0.2) is 28.7 Å². The monoisotopic (exact) mass is 271 g/mol. The van der Waals surface area contributed by atoms with Crippen molar-refractivity contribution in [3.05, 3.63) is 35.6 Å². The van der Waals surface area contributed by atoms with Crippen LogP contribution in [0.2, 0.25) is 0 Å². The molecule has 1 fully saturated rings. The summed E-state index contributed by atoms with van der Waals surface area (Å²) in [5.41, 5.74) is 1.69. The molecule has 1 aliphatic rings. The molecule has 0 saturated carbocycles. The highest BCUT2D eigenvalue weighted by molar-refractivity contribution is 6.01. The Labute approximate surface area is 119 Å². The average molecular weight is 271 g/mol. The molecule has 1 aromatic heterocycles. The van der Waals surface area contributed by atoms with Crippen molar-refractivity contribution in [1.82, 2.24) is 5.32 Å². The van der Waals surface area contributed by atoms with Gasteiger partial charge in [0.25, 0.3) is 0 Å². The van der Waals surface area contributed by atoms with Crippen molar-refractivity contribution in [3.63, 3.8) is 0 Å². The van der Waals surface area contributed by atoms with Gasteiger partial charge in [-0.05, 0) is 50.9 Å². The molecule has 0 spiro atoms. The van der Waals surface area contributed by atoms with E-state index in [0.717, 1.165) is 43.3 Å². The van der Waals surface area contributed by atoms with Gasteiger partial charge in [-0.25, -0.2) is 0 Å². The quantitative estimate of drug-likeness (QED) is 0.865. The van der Waals surface area contributed by atoms with Crippen LogP contribution in [0, 0.1) is 12.3 Å². The molecule has 2 aromatic rings. The minimum Gasteiger partial charge on any atom is -0.453 e. The minimum atomic E-state index is -0.291. The van der Waals surface area contributed by atoms with Crippen LogP contribution in [0.25, 0.3) is 11.0 Å². The Morgan fingerprint density at radius 1 is 1.40 bits per heavy atom. The van der Waals surface area contributed by atoms with Crippen molar-refractivity contribution >= 4 is 16.8 Å². The Bertz CT molecular complexity index is 635. The Hall–Kier alpha value is -1.61. The van der Waals surface area contributed by atoms with E-state index >= 15 is 0 Å². The lowest BCUT2D eigenvalue weighted by Crippen LogP contribution is -2.45.